The van der Waals surface area contributed by atoms with E-state index in [2.05, 4.69) is 5.32 Å². The summed E-state index contributed by atoms with van der Waals surface area (Å²) in [6.07, 6.45) is 8.69. The highest BCUT2D eigenvalue weighted by atomic mass is 35.5. The first-order chi connectivity index (χ1) is 20.9. The Balaban J connectivity index is 1.14. The Morgan fingerprint density at radius 2 is 1.66 bits per heavy atom. The van der Waals surface area contributed by atoms with Crippen molar-refractivity contribution < 1.29 is 22.7 Å². The molecular weight excluding hydrogens is 598 g/mol. The first-order valence-electron chi connectivity index (χ1n) is 15.8. The van der Waals surface area contributed by atoms with E-state index in [0.29, 0.717) is 53.1 Å². The van der Waals surface area contributed by atoms with E-state index in [1.807, 2.05) is 38.1 Å². The zero-order valence-electron chi connectivity index (χ0n) is 25.5. The van der Waals surface area contributed by atoms with Crippen LogP contribution in [0.4, 0.5) is 0 Å². The third-order valence-electron chi connectivity index (χ3n) is 10.1. The van der Waals surface area contributed by atoms with Gasteiger partial charge in [-0.2, -0.15) is 0 Å². The highest BCUT2D eigenvalue weighted by molar-refractivity contribution is 7.90. The van der Waals surface area contributed by atoms with Crippen molar-refractivity contribution in [3.05, 3.63) is 63.8 Å². The number of carbonyl (C=O) groups is 2. The minimum atomic E-state index is -4.02. The van der Waals surface area contributed by atoms with Crippen LogP contribution in [0.1, 0.15) is 78.5 Å². The topological polar surface area (TPSA) is 120 Å². The fourth-order valence-corrected chi connectivity index (χ4v) is 10.4. The van der Waals surface area contributed by atoms with E-state index >= 15 is 0 Å². The van der Waals surface area contributed by atoms with E-state index in [1.165, 1.54) is 19.3 Å². The van der Waals surface area contributed by atoms with Crippen molar-refractivity contribution in [1.29, 1.82) is 0 Å². The molecule has 44 heavy (non-hydrogen) atoms. The highest BCUT2D eigenvalue weighted by Crippen LogP contribution is 2.61. The minimum Gasteiger partial charge on any atom is -0.494 e. The largest absolute Gasteiger partial charge is 0.494 e. The van der Waals surface area contributed by atoms with Crippen LogP contribution in [0.25, 0.3) is 10.9 Å². The number of rotatable bonds is 12. The normalized spacial score (nSPS) is 24.1. The molecule has 4 bridgehead atoms. The maximum absolute atomic E-state index is 13.8. The Morgan fingerprint density at radius 3 is 2.27 bits per heavy atom. The van der Waals surface area contributed by atoms with Crippen LogP contribution in [0, 0.1) is 37.0 Å². The van der Waals surface area contributed by atoms with Gasteiger partial charge in [-0.05, 0) is 123 Å². The molecule has 0 radical (unpaired) electrons. The Hall–Kier alpha value is -3.04. The summed E-state index contributed by atoms with van der Waals surface area (Å²) in [4.78, 5) is 25.8. The molecule has 236 valence electrons. The highest BCUT2D eigenvalue weighted by Gasteiger charge is 2.51. The van der Waals surface area contributed by atoms with Gasteiger partial charge >= 0.3 is 0 Å². The molecule has 0 unspecified atom stereocenters. The van der Waals surface area contributed by atoms with Gasteiger partial charge in [0.1, 0.15) is 11.4 Å². The van der Waals surface area contributed by atoms with Crippen LogP contribution < -0.4 is 15.8 Å². The number of aryl methyl sites for hydroxylation is 3. The van der Waals surface area contributed by atoms with E-state index in [1.54, 1.807) is 12.1 Å². The molecule has 1 heterocycles. The number of hydrogen-bond acceptors (Lipinski definition) is 5. The minimum absolute atomic E-state index is 0.0264. The fourth-order valence-electron chi connectivity index (χ4n) is 8.82. The molecular formula is C34H42ClN3O5S. The third-order valence-corrected chi connectivity index (χ3v) is 12.3. The Labute approximate surface area is 264 Å². The molecule has 4 aliphatic carbocycles. The predicted octanol–water partition coefficient (Wildman–Crippen LogP) is 5.92. The van der Waals surface area contributed by atoms with Crippen molar-refractivity contribution in [1.82, 2.24) is 9.29 Å². The van der Waals surface area contributed by atoms with Crippen LogP contribution in [-0.4, -0.2) is 43.1 Å². The maximum Gasteiger partial charge on any atom is 0.266 e. The second-order valence-electron chi connectivity index (χ2n) is 13.6. The molecule has 1 aromatic heterocycles. The number of nitrogens with two attached hydrogens (primary N) is 1. The molecule has 2 amide bonds. The summed E-state index contributed by atoms with van der Waals surface area (Å²) in [6.45, 7) is 4.18. The Bertz CT molecular complexity index is 1650. The lowest BCUT2D eigenvalue weighted by Crippen LogP contribution is -2.48. The van der Waals surface area contributed by atoms with Crippen LogP contribution in [0.2, 0.25) is 5.02 Å². The van der Waals surface area contributed by atoms with Gasteiger partial charge in [-0.1, -0.05) is 29.8 Å². The van der Waals surface area contributed by atoms with Crippen LogP contribution in [0.5, 0.6) is 5.75 Å². The van der Waals surface area contributed by atoms with Gasteiger partial charge in [0.15, 0.2) is 0 Å². The Kier molecular flexibility index (Phi) is 8.48. The summed E-state index contributed by atoms with van der Waals surface area (Å²) in [6, 6.07) is 10.8. The van der Waals surface area contributed by atoms with Gasteiger partial charge in [-0.15, -0.1) is 0 Å². The molecule has 4 fully saturated rings. The molecule has 3 N–H and O–H groups in total. The molecule has 0 atom stereocenters. The van der Waals surface area contributed by atoms with Gasteiger partial charge in [0.05, 0.1) is 17.9 Å². The van der Waals surface area contributed by atoms with Crippen molar-refractivity contribution in [2.45, 2.75) is 71.6 Å². The zero-order chi connectivity index (χ0) is 31.2. The van der Waals surface area contributed by atoms with Crippen LogP contribution in [0.15, 0.2) is 36.4 Å². The lowest BCUT2D eigenvalue weighted by Gasteiger charge is -2.56. The summed E-state index contributed by atoms with van der Waals surface area (Å²) >= 11 is 6.27. The molecule has 0 aliphatic heterocycles. The third kappa shape index (κ3) is 6.10. The zero-order valence-corrected chi connectivity index (χ0v) is 27.1. The van der Waals surface area contributed by atoms with Gasteiger partial charge in [-0.25, -0.2) is 12.4 Å². The SMILES string of the molecule is Cc1cc(OCCCc2c(C(N)=O)n(S(=O)(=O)CCNC(=O)CC34CC5CC(CC(C5)C3)C4)c3ccccc23)cc(C)c1Cl. The quantitative estimate of drug-likeness (QED) is 0.238. The molecule has 7 rings (SSSR count). The predicted molar refractivity (Wildman–Crippen MR) is 173 cm³/mol. The lowest BCUT2D eigenvalue weighted by atomic mass is 9.49. The number of ether oxygens (including phenoxy) is 1. The summed E-state index contributed by atoms with van der Waals surface area (Å²) in [7, 11) is -4.02. The van der Waals surface area contributed by atoms with Gasteiger partial charge in [-0.3, -0.25) is 9.59 Å². The molecule has 4 saturated carbocycles. The summed E-state index contributed by atoms with van der Waals surface area (Å²) in [5.41, 5.74) is 8.70. The second kappa shape index (κ2) is 12.0. The number of aromatic nitrogens is 1. The van der Waals surface area contributed by atoms with Crippen LogP contribution in [-0.2, 0) is 21.2 Å². The number of primary amides is 1. The Morgan fingerprint density at radius 1 is 1.05 bits per heavy atom. The van der Waals surface area contributed by atoms with E-state index in [0.717, 1.165) is 52.1 Å². The first-order valence-corrected chi connectivity index (χ1v) is 17.7. The van der Waals surface area contributed by atoms with E-state index in [-0.39, 0.29) is 29.3 Å². The number of amides is 2. The molecule has 10 heteroatoms. The molecule has 3 aromatic rings. The number of hydrogen-bond donors (Lipinski definition) is 2. The molecule has 4 aliphatic rings. The van der Waals surface area contributed by atoms with E-state index in [4.69, 9.17) is 22.1 Å². The molecule has 8 nitrogen and oxygen atoms in total. The number of nitrogens with zero attached hydrogens (tertiary/aromatic N) is 1. The molecule has 0 saturated heterocycles. The summed E-state index contributed by atoms with van der Waals surface area (Å²) < 4.78 is 34.5. The summed E-state index contributed by atoms with van der Waals surface area (Å²) in [5, 5.41) is 4.25. The first kappa shape index (κ1) is 31.0. The maximum atomic E-state index is 13.8. The van der Waals surface area contributed by atoms with Crippen LogP contribution in [0.3, 0.4) is 0 Å². The van der Waals surface area contributed by atoms with Crippen molar-refractivity contribution in [2.75, 3.05) is 18.9 Å². The van der Waals surface area contributed by atoms with Crippen molar-refractivity contribution in [3.8, 4) is 5.75 Å². The number of benzene rings is 2. The standard InChI is InChI=1S/C34H42ClN3O5S/c1-21-12-26(13-22(2)31(21)35)43-10-5-7-28-27-6-3-4-8-29(27)38(32(28)33(36)40)44(41,42)11-9-37-30(39)20-34-17-23-14-24(18-34)16-25(15-23)19-34/h3-4,6,8,12-13,23-25H,5,7,9-11,14-20H2,1-2H3,(H2,36,40)(H,37,39). The average Bonchev–Trinajstić information content (AvgIpc) is 3.28. The van der Waals surface area contributed by atoms with Crippen molar-refractivity contribution >= 4 is 44.3 Å². The van der Waals surface area contributed by atoms with Gasteiger partial charge < -0.3 is 15.8 Å². The monoisotopic (exact) mass is 639 g/mol. The molecule has 0 spiro atoms. The fraction of sp³-hybridized carbons (Fsp3) is 0.529. The van der Waals surface area contributed by atoms with Crippen molar-refractivity contribution in [2.24, 2.45) is 28.9 Å². The number of fused-ring (bicyclic) bond motifs is 1. The number of carbonyl (C=O) groups excluding carboxylic acids is 2. The van der Waals surface area contributed by atoms with Gasteiger partial charge in [0, 0.05) is 23.4 Å². The smallest absolute Gasteiger partial charge is 0.266 e. The van der Waals surface area contributed by atoms with Gasteiger partial charge in [0.25, 0.3) is 5.91 Å². The summed E-state index contributed by atoms with van der Waals surface area (Å²) in [5.74, 6) is 1.71. The number of halogens is 1. The van der Waals surface area contributed by atoms with Crippen molar-refractivity contribution in [3.63, 3.8) is 0 Å². The van der Waals surface area contributed by atoms with Crippen LogP contribution >= 0.6 is 11.6 Å². The van der Waals surface area contributed by atoms with E-state index in [9.17, 15) is 18.0 Å². The van der Waals surface area contributed by atoms with Gasteiger partial charge in [0.2, 0.25) is 15.9 Å². The average molecular weight is 640 g/mol. The number of para-hydroxylation sites is 1. The van der Waals surface area contributed by atoms with E-state index < -0.39 is 15.9 Å². The number of nitrogens with one attached hydrogen (secondary N) is 1. The lowest BCUT2D eigenvalue weighted by molar-refractivity contribution is -0.129. The second-order valence-corrected chi connectivity index (χ2v) is 15.9. The molecule has 2 aromatic carbocycles.